The first-order valence-corrected chi connectivity index (χ1v) is 10.2. The summed E-state index contributed by atoms with van der Waals surface area (Å²) in [5.41, 5.74) is -1.55. The average molecular weight is 512 g/mol. The fourth-order valence-corrected chi connectivity index (χ4v) is 3.52. The van der Waals surface area contributed by atoms with Gasteiger partial charge in [0.05, 0.1) is 0 Å². The number of ether oxygens (including phenoxy) is 1. The van der Waals surface area contributed by atoms with Crippen molar-refractivity contribution < 1.29 is 44.3 Å². The van der Waals surface area contributed by atoms with Crippen LogP contribution in [0.2, 0.25) is 0 Å². The van der Waals surface area contributed by atoms with Gasteiger partial charge in [0, 0.05) is 17.7 Å². The Balaban J connectivity index is 1.65. The molecule has 4 rings (SSSR count). The third-order valence-electron chi connectivity index (χ3n) is 5.34. The lowest BCUT2D eigenvalue weighted by atomic mass is 9.98. The van der Waals surface area contributed by atoms with Gasteiger partial charge in [-0.25, -0.2) is 30.7 Å². The Bertz CT molecular complexity index is 1420. The van der Waals surface area contributed by atoms with Crippen molar-refractivity contribution in [3.63, 3.8) is 0 Å². The molecule has 0 aliphatic carbocycles. The highest BCUT2D eigenvalue weighted by molar-refractivity contribution is 5.71. The van der Waals surface area contributed by atoms with E-state index < -0.39 is 58.1 Å². The van der Waals surface area contributed by atoms with Crippen LogP contribution in [0.25, 0.3) is 22.3 Å². The van der Waals surface area contributed by atoms with Crippen molar-refractivity contribution in [1.82, 2.24) is 0 Å². The molecule has 0 N–H and O–H groups in total. The Morgan fingerprint density at radius 3 is 1.64 bits per heavy atom. The number of hydrogen-bond acceptors (Lipinski definition) is 1. The predicted molar refractivity (Wildman–Crippen MR) is 113 cm³/mol. The largest absolute Gasteiger partial charge is 0.432 e. The average Bonchev–Trinajstić information content (AvgIpc) is 2.80. The predicted octanol–water partition coefficient (Wildman–Crippen LogP) is 8.43. The molecule has 0 aromatic heterocycles. The molecule has 0 saturated heterocycles. The molecule has 0 amide bonds. The van der Waals surface area contributed by atoms with Crippen molar-refractivity contribution in [1.29, 1.82) is 0 Å². The van der Waals surface area contributed by atoms with Crippen molar-refractivity contribution in [2.75, 3.05) is 0 Å². The number of halogens is 9. The van der Waals surface area contributed by atoms with Crippen molar-refractivity contribution in [3.8, 4) is 28.0 Å². The maximum Gasteiger partial charge on any atom is 0.432 e. The Morgan fingerprint density at radius 2 is 1.08 bits per heavy atom. The second-order valence-corrected chi connectivity index (χ2v) is 7.77. The molecule has 0 heterocycles. The van der Waals surface area contributed by atoms with Crippen LogP contribution in [0.1, 0.15) is 11.1 Å². The number of rotatable bonds is 5. The first-order chi connectivity index (χ1) is 16.9. The molecule has 4 aromatic carbocycles. The Hall–Kier alpha value is -3.95. The summed E-state index contributed by atoms with van der Waals surface area (Å²) in [6, 6.07) is 9.41. The van der Waals surface area contributed by atoms with Crippen LogP contribution in [0, 0.1) is 47.6 Å². The van der Waals surface area contributed by atoms with E-state index >= 15 is 0 Å². The molecule has 36 heavy (non-hydrogen) atoms. The minimum absolute atomic E-state index is 0.0529. The number of hydrogen-bond donors (Lipinski definition) is 0. The van der Waals surface area contributed by atoms with Gasteiger partial charge in [-0.3, -0.25) is 0 Å². The first kappa shape index (κ1) is 25.2. The van der Waals surface area contributed by atoms with Gasteiger partial charge >= 0.3 is 6.11 Å². The molecular weight excluding hydrogens is 499 g/mol. The Labute approximate surface area is 198 Å². The van der Waals surface area contributed by atoms with E-state index in [1.54, 1.807) is 0 Å². The first-order valence-electron chi connectivity index (χ1n) is 10.2. The summed E-state index contributed by atoms with van der Waals surface area (Å²) in [6.07, 6.45) is -4.72. The zero-order chi connectivity index (χ0) is 26.4. The normalized spacial score (nSPS) is 11.6. The van der Waals surface area contributed by atoms with Gasteiger partial charge in [0.1, 0.15) is 22.9 Å². The highest BCUT2D eigenvalue weighted by atomic mass is 19.3. The SMILES string of the molecule is Cc1ccc(-c2ccc(-c3cc(F)c(C(F)(F)Oc4cc(F)c(F)c(F)c4)c(F)c3)cc2)c(F)c1F. The lowest BCUT2D eigenvalue weighted by Gasteiger charge is -2.20. The number of aryl methyl sites for hydroxylation is 1. The van der Waals surface area contributed by atoms with Gasteiger partial charge in [-0.2, -0.15) is 8.78 Å². The van der Waals surface area contributed by atoms with E-state index in [0.29, 0.717) is 12.1 Å². The van der Waals surface area contributed by atoms with Crippen molar-refractivity contribution in [2.24, 2.45) is 0 Å². The topological polar surface area (TPSA) is 9.23 Å². The van der Waals surface area contributed by atoms with Crippen molar-refractivity contribution in [2.45, 2.75) is 13.0 Å². The third kappa shape index (κ3) is 4.62. The zero-order valence-corrected chi connectivity index (χ0v) is 18.1. The molecule has 10 heteroatoms. The maximum absolute atomic E-state index is 14.6. The summed E-state index contributed by atoms with van der Waals surface area (Å²) in [5.74, 6) is -12.4. The fourth-order valence-electron chi connectivity index (χ4n) is 3.52. The van der Waals surface area contributed by atoms with E-state index in [2.05, 4.69) is 4.74 Å². The van der Waals surface area contributed by atoms with Gasteiger partial charge in [0.25, 0.3) is 0 Å². The quantitative estimate of drug-likeness (QED) is 0.193. The van der Waals surface area contributed by atoms with E-state index in [1.807, 2.05) is 0 Å². The van der Waals surface area contributed by atoms with Crippen LogP contribution in [0.3, 0.4) is 0 Å². The number of alkyl halides is 2. The standard InChI is InChI=1S/C26H13F9O/c1-12-2-7-17(24(32)23(12)31)14-5-3-13(4-6-14)15-8-18(27)22(19(28)9-15)26(34,35)36-16-10-20(29)25(33)21(30)11-16/h2-11H,1H3. The molecule has 0 radical (unpaired) electrons. The molecule has 0 saturated carbocycles. The summed E-state index contributed by atoms with van der Waals surface area (Å²) < 4.78 is 130. The van der Waals surface area contributed by atoms with Crippen LogP contribution in [0.5, 0.6) is 5.75 Å². The van der Waals surface area contributed by atoms with E-state index in [1.165, 1.54) is 43.3 Å². The van der Waals surface area contributed by atoms with Gasteiger partial charge in [0.2, 0.25) is 0 Å². The lowest BCUT2D eigenvalue weighted by molar-refractivity contribution is -0.189. The summed E-state index contributed by atoms with van der Waals surface area (Å²) in [5, 5.41) is 0. The smallest absolute Gasteiger partial charge is 0.429 e. The van der Waals surface area contributed by atoms with Crippen LogP contribution >= 0.6 is 0 Å². The molecular formula is C26H13F9O. The highest BCUT2D eigenvalue weighted by Crippen LogP contribution is 2.38. The minimum atomic E-state index is -4.72. The molecule has 0 fully saturated rings. The molecule has 186 valence electrons. The summed E-state index contributed by atoms with van der Waals surface area (Å²) in [6.45, 7) is 1.39. The molecule has 0 bridgehead atoms. The summed E-state index contributed by atoms with van der Waals surface area (Å²) >= 11 is 0. The fraction of sp³-hybridized carbons (Fsp3) is 0.0769. The molecule has 1 nitrogen and oxygen atoms in total. The lowest BCUT2D eigenvalue weighted by Crippen LogP contribution is -2.25. The van der Waals surface area contributed by atoms with Crippen molar-refractivity contribution in [3.05, 3.63) is 113 Å². The van der Waals surface area contributed by atoms with E-state index in [-0.39, 0.29) is 39.9 Å². The van der Waals surface area contributed by atoms with E-state index in [0.717, 1.165) is 0 Å². The van der Waals surface area contributed by atoms with Gasteiger partial charge in [-0.1, -0.05) is 36.4 Å². The van der Waals surface area contributed by atoms with Gasteiger partial charge < -0.3 is 4.74 Å². The van der Waals surface area contributed by atoms with E-state index in [4.69, 9.17) is 0 Å². The second-order valence-electron chi connectivity index (χ2n) is 7.77. The zero-order valence-electron chi connectivity index (χ0n) is 18.1. The third-order valence-corrected chi connectivity index (χ3v) is 5.34. The molecule has 0 atom stereocenters. The van der Waals surface area contributed by atoms with Crippen LogP contribution in [-0.4, -0.2) is 0 Å². The minimum Gasteiger partial charge on any atom is -0.429 e. The van der Waals surface area contributed by atoms with Crippen molar-refractivity contribution >= 4 is 0 Å². The Kier molecular flexibility index (Phi) is 6.46. The molecule has 0 aliphatic rings. The highest BCUT2D eigenvalue weighted by Gasteiger charge is 2.41. The monoisotopic (exact) mass is 512 g/mol. The van der Waals surface area contributed by atoms with Gasteiger partial charge in [-0.05, 0) is 41.3 Å². The molecule has 0 aliphatic heterocycles. The maximum atomic E-state index is 14.6. The van der Waals surface area contributed by atoms with Crippen LogP contribution < -0.4 is 4.74 Å². The van der Waals surface area contributed by atoms with Crippen LogP contribution in [0.15, 0.2) is 60.7 Å². The molecule has 0 spiro atoms. The second kappa shape index (κ2) is 9.25. The van der Waals surface area contributed by atoms with Crippen LogP contribution in [-0.2, 0) is 6.11 Å². The van der Waals surface area contributed by atoms with Gasteiger partial charge in [-0.15, -0.1) is 0 Å². The molecule has 0 unspecified atom stereocenters. The molecule has 4 aromatic rings. The summed E-state index contributed by atoms with van der Waals surface area (Å²) in [7, 11) is 0. The van der Waals surface area contributed by atoms with E-state index in [9.17, 15) is 39.5 Å². The Morgan fingerprint density at radius 1 is 0.556 bits per heavy atom. The van der Waals surface area contributed by atoms with Gasteiger partial charge in [0.15, 0.2) is 29.1 Å². The summed E-state index contributed by atoms with van der Waals surface area (Å²) in [4.78, 5) is 0. The number of benzene rings is 4. The van der Waals surface area contributed by atoms with Crippen LogP contribution in [0.4, 0.5) is 39.5 Å².